The summed E-state index contributed by atoms with van der Waals surface area (Å²) in [4.78, 5) is 0. The molecule has 1 fully saturated rings. The molecule has 0 spiro atoms. The van der Waals surface area contributed by atoms with E-state index in [2.05, 4.69) is 6.58 Å². The molecule has 1 aliphatic heterocycles. The third-order valence-corrected chi connectivity index (χ3v) is 6.73. The Morgan fingerprint density at radius 2 is 1.63 bits per heavy atom. The SMILES string of the molecule is C=CC1CCC(c2ccc(-c3ccc(-c4ccc(CCC/C=C\C)c(F)c4F)cc3)c(F)c2)OC1. The summed E-state index contributed by atoms with van der Waals surface area (Å²) < 4.78 is 50.3. The van der Waals surface area contributed by atoms with E-state index in [0.717, 1.165) is 31.2 Å². The highest BCUT2D eigenvalue weighted by atomic mass is 19.2. The van der Waals surface area contributed by atoms with Crippen molar-refractivity contribution in [2.24, 2.45) is 5.92 Å². The third kappa shape index (κ3) is 5.76. The second kappa shape index (κ2) is 11.5. The van der Waals surface area contributed by atoms with Crippen LogP contribution in [0, 0.1) is 23.4 Å². The zero-order chi connectivity index (χ0) is 24.8. The highest BCUT2D eigenvalue weighted by molar-refractivity contribution is 5.71. The molecular weight excluding hydrogens is 445 g/mol. The second-order valence-corrected chi connectivity index (χ2v) is 9.07. The number of rotatable bonds is 8. The van der Waals surface area contributed by atoms with Gasteiger partial charge in [-0.2, -0.15) is 0 Å². The van der Waals surface area contributed by atoms with Crippen LogP contribution in [0.4, 0.5) is 13.2 Å². The fourth-order valence-electron chi connectivity index (χ4n) is 4.60. The maximum Gasteiger partial charge on any atom is 0.166 e. The number of ether oxygens (including phenoxy) is 1. The number of benzene rings is 3. The minimum absolute atomic E-state index is 0.110. The van der Waals surface area contributed by atoms with Gasteiger partial charge in [-0.25, -0.2) is 13.2 Å². The maximum atomic E-state index is 15.0. The van der Waals surface area contributed by atoms with Crippen molar-refractivity contribution in [3.8, 4) is 22.3 Å². The molecule has 0 saturated carbocycles. The molecule has 0 aromatic heterocycles. The highest BCUT2D eigenvalue weighted by Crippen LogP contribution is 2.34. The van der Waals surface area contributed by atoms with Crippen LogP contribution < -0.4 is 0 Å². The fourth-order valence-corrected chi connectivity index (χ4v) is 4.60. The lowest BCUT2D eigenvalue weighted by molar-refractivity contribution is -0.00528. The van der Waals surface area contributed by atoms with Crippen LogP contribution in [0.25, 0.3) is 22.3 Å². The van der Waals surface area contributed by atoms with E-state index in [1.807, 2.05) is 31.2 Å². The molecule has 1 nitrogen and oxygen atoms in total. The van der Waals surface area contributed by atoms with Gasteiger partial charge in [-0.05, 0) is 67.3 Å². The molecular formula is C31H31F3O. The van der Waals surface area contributed by atoms with Crippen LogP contribution >= 0.6 is 0 Å². The summed E-state index contributed by atoms with van der Waals surface area (Å²) in [6, 6.07) is 15.3. The molecule has 2 unspecified atom stereocenters. The third-order valence-electron chi connectivity index (χ3n) is 6.73. The maximum absolute atomic E-state index is 15.0. The van der Waals surface area contributed by atoms with Gasteiger partial charge in [0, 0.05) is 17.0 Å². The van der Waals surface area contributed by atoms with Crippen molar-refractivity contribution in [2.75, 3.05) is 6.61 Å². The van der Waals surface area contributed by atoms with E-state index in [0.29, 0.717) is 41.2 Å². The van der Waals surface area contributed by atoms with Gasteiger partial charge in [0.2, 0.25) is 0 Å². The molecule has 4 heteroatoms. The molecule has 0 amide bonds. The van der Waals surface area contributed by atoms with Gasteiger partial charge in [-0.1, -0.05) is 66.8 Å². The van der Waals surface area contributed by atoms with Crippen LogP contribution in [0.1, 0.15) is 49.8 Å². The van der Waals surface area contributed by atoms with Crippen molar-refractivity contribution >= 4 is 0 Å². The first kappa shape index (κ1) is 25.0. The summed E-state index contributed by atoms with van der Waals surface area (Å²) in [5.74, 6) is -1.61. The van der Waals surface area contributed by atoms with Crippen LogP contribution in [0.2, 0.25) is 0 Å². The largest absolute Gasteiger partial charge is 0.373 e. The number of hydrogen-bond donors (Lipinski definition) is 0. The Hall–Kier alpha value is -3.11. The summed E-state index contributed by atoms with van der Waals surface area (Å²) in [6.45, 7) is 6.36. The quantitative estimate of drug-likeness (QED) is 0.233. The van der Waals surface area contributed by atoms with E-state index in [-0.39, 0.29) is 17.5 Å². The van der Waals surface area contributed by atoms with Gasteiger partial charge in [0.05, 0.1) is 12.7 Å². The van der Waals surface area contributed by atoms with E-state index in [4.69, 9.17) is 4.74 Å². The van der Waals surface area contributed by atoms with E-state index >= 15 is 0 Å². The number of unbranched alkanes of at least 4 members (excludes halogenated alkanes) is 1. The Kier molecular flexibility index (Phi) is 8.25. The van der Waals surface area contributed by atoms with Gasteiger partial charge < -0.3 is 4.74 Å². The first-order valence-corrected chi connectivity index (χ1v) is 12.2. The molecule has 182 valence electrons. The second-order valence-electron chi connectivity index (χ2n) is 9.07. The summed E-state index contributed by atoms with van der Waals surface area (Å²) in [5, 5.41) is 0. The van der Waals surface area contributed by atoms with E-state index in [1.165, 1.54) is 6.07 Å². The Morgan fingerprint density at radius 3 is 2.26 bits per heavy atom. The van der Waals surface area contributed by atoms with E-state index < -0.39 is 11.6 Å². The first-order chi connectivity index (χ1) is 17.0. The van der Waals surface area contributed by atoms with Gasteiger partial charge in [0.1, 0.15) is 5.82 Å². The van der Waals surface area contributed by atoms with Crippen LogP contribution in [0.15, 0.2) is 79.4 Å². The summed E-state index contributed by atoms with van der Waals surface area (Å²) in [7, 11) is 0. The van der Waals surface area contributed by atoms with Gasteiger partial charge in [0.15, 0.2) is 11.6 Å². The zero-order valence-electron chi connectivity index (χ0n) is 20.1. The van der Waals surface area contributed by atoms with Gasteiger partial charge in [0.25, 0.3) is 0 Å². The van der Waals surface area contributed by atoms with Crippen molar-refractivity contribution in [3.05, 3.63) is 108 Å². The molecule has 1 heterocycles. The van der Waals surface area contributed by atoms with Crippen molar-refractivity contribution in [1.82, 2.24) is 0 Å². The molecule has 1 aliphatic rings. The van der Waals surface area contributed by atoms with E-state index in [1.54, 1.807) is 42.5 Å². The number of aryl methyl sites for hydroxylation is 1. The van der Waals surface area contributed by atoms with Gasteiger partial charge in [-0.15, -0.1) is 6.58 Å². The van der Waals surface area contributed by atoms with Gasteiger partial charge >= 0.3 is 0 Å². The predicted molar refractivity (Wildman–Crippen MR) is 137 cm³/mol. The average molecular weight is 477 g/mol. The van der Waals surface area contributed by atoms with Crippen LogP contribution in [-0.4, -0.2) is 6.61 Å². The van der Waals surface area contributed by atoms with Crippen LogP contribution in [0.5, 0.6) is 0 Å². The smallest absolute Gasteiger partial charge is 0.166 e. The Bertz CT molecular complexity index is 1190. The molecule has 2 atom stereocenters. The number of halogens is 3. The molecule has 3 aromatic carbocycles. The minimum Gasteiger partial charge on any atom is -0.373 e. The fraction of sp³-hybridized carbons (Fsp3) is 0.290. The summed E-state index contributed by atoms with van der Waals surface area (Å²) in [6.07, 6.45) is 9.67. The number of allylic oxidation sites excluding steroid dienone is 2. The molecule has 3 aromatic rings. The lowest BCUT2D eigenvalue weighted by Gasteiger charge is -2.27. The van der Waals surface area contributed by atoms with Crippen molar-refractivity contribution in [2.45, 2.75) is 45.1 Å². The highest BCUT2D eigenvalue weighted by Gasteiger charge is 2.22. The van der Waals surface area contributed by atoms with Crippen LogP contribution in [-0.2, 0) is 11.2 Å². The molecule has 1 saturated heterocycles. The lowest BCUT2D eigenvalue weighted by Crippen LogP contribution is -2.19. The van der Waals surface area contributed by atoms with Crippen molar-refractivity contribution in [3.63, 3.8) is 0 Å². The molecule has 0 bridgehead atoms. The zero-order valence-corrected chi connectivity index (χ0v) is 20.1. The van der Waals surface area contributed by atoms with E-state index in [9.17, 15) is 13.2 Å². The normalized spacial score (nSPS) is 18.2. The van der Waals surface area contributed by atoms with Gasteiger partial charge in [-0.3, -0.25) is 0 Å². The number of hydrogen-bond acceptors (Lipinski definition) is 1. The Morgan fingerprint density at radius 1 is 0.914 bits per heavy atom. The molecule has 35 heavy (non-hydrogen) atoms. The Balaban J connectivity index is 1.49. The molecule has 0 aliphatic carbocycles. The standard InChI is InChI=1S/C31H31F3O/c1-3-5-6-7-8-24-14-17-27(31(34)30(24)33)23-12-10-22(11-13-23)26-16-15-25(19-28(26)32)29-18-9-21(4-2)20-35-29/h3-5,10-17,19,21,29H,2,6-9,18,20H2,1H3/b5-3-. The van der Waals surface area contributed by atoms with Crippen LogP contribution in [0.3, 0.4) is 0 Å². The lowest BCUT2D eigenvalue weighted by atomic mass is 9.93. The van der Waals surface area contributed by atoms with Crippen molar-refractivity contribution in [1.29, 1.82) is 0 Å². The Labute approximate surface area is 206 Å². The first-order valence-electron chi connectivity index (χ1n) is 12.2. The molecule has 4 rings (SSSR count). The summed E-state index contributed by atoms with van der Waals surface area (Å²) in [5.41, 5.74) is 3.10. The average Bonchev–Trinajstić information content (AvgIpc) is 2.89. The minimum atomic E-state index is -0.844. The molecule has 0 N–H and O–H groups in total. The summed E-state index contributed by atoms with van der Waals surface area (Å²) >= 11 is 0. The molecule has 0 radical (unpaired) electrons. The van der Waals surface area contributed by atoms with Crippen molar-refractivity contribution < 1.29 is 17.9 Å². The topological polar surface area (TPSA) is 9.23 Å². The monoisotopic (exact) mass is 476 g/mol. The predicted octanol–water partition coefficient (Wildman–Crippen LogP) is 8.99.